The molecule has 0 saturated carbocycles. The van der Waals surface area contributed by atoms with Gasteiger partial charge in [-0.1, -0.05) is 0 Å². The zero-order valence-electron chi connectivity index (χ0n) is 21.1. The van der Waals surface area contributed by atoms with E-state index in [2.05, 4.69) is 20.4 Å². The molecule has 1 atom stereocenters. The van der Waals surface area contributed by atoms with Gasteiger partial charge in [0.15, 0.2) is 5.82 Å². The lowest BCUT2D eigenvalue weighted by molar-refractivity contribution is 0.0123. The lowest BCUT2D eigenvalue weighted by atomic mass is 10.1. The standard InChI is InChI=1S/C24H31N9O3/c1-14-6-11-33-18(14)22(35-16-7-9-32(10-8-16)23(34)36-24(3,4)5)30-20(31-33)15(2)29-21-17(12-25)19(26)27-13-28-21/h6,11,13,15-16H,7-10H2,1-5H3,(H3,26,27,28,29)/t15-/m0/s1. The number of aromatic nitrogens is 5. The average molecular weight is 494 g/mol. The molecule has 0 aliphatic carbocycles. The van der Waals surface area contributed by atoms with Crippen molar-refractivity contribution in [2.45, 2.75) is 65.2 Å². The summed E-state index contributed by atoms with van der Waals surface area (Å²) in [6.07, 6.45) is 4.04. The Balaban J connectivity index is 1.52. The van der Waals surface area contributed by atoms with Crippen molar-refractivity contribution in [1.29, 1.82) is 5.26 Å². The zero-order valence-corrected chi connectivity index (χ0v) is 21.1. The number of fused-ring (bicyclic) bond motifs is 1. The number of carbonyl (C=O) groups excluding carboxylic acids is 1. The first-order chi connectivity index (χ1) is 17.1. The van der Waals surface area contributed by atoms with Gasteiger partial charge < -0.3 is 25.4 Å². The van der Waals surface area contributed by atoms with Crippen molar-refractivity contribution in [3.8, 4) is 11.9 Å². The second-order valence-electron chi connectivity index (χ2n) is 9.81. The number of hydrogen-bond donors (Lipinski definition) is 2. The number of likely N-dealkylation sites (tertiary alicyclic amines) is 1. The van der Waals surface area contributed by atoms with E-state index in [1.807, 2.05) is 53.0 Å². The van der Waals surface area contributed by atoms with Crippen LogP contribution in [0.2, 0.25) is 0 Å². The topological polar surface area (TPSA) is 157 Å². The Morgan fingerprint density at radius 3 is 2.69 bits per heavy atom. The van der Waals surface area contributed by atoms with Gasteiger partial charge in [-0.05, 0) is 46.2 Å². The first-order valence-electron chi connectivity index (χ1n) is 11.8. The van der Waals surface area contributed by atoms with Crippen LogP contribution in [0.3, 0.4) is 0 Å². The highest BCUT2D eigenvalue weighted by molar-refractivity contribution is 5.68. The number of amides is 1. The lowest BCUT2D eigenvalue weighted by Crippen LogP contribution is -2.44. The smallest absolute Gasteiger partial charge is 0.410 e. The van der Waals surface area contributed by atoms with Crippen LogP contribution >= 0.6 is 0 Å². The van der Waals surface area contributed by atoms with E-state index < -0.39 is 11.6 Å². The van der Waals surface area contributed by atoms with Crippen LogP contribution in [0.1, 0.15) is 63.5 Å². The van der Waals surface area contributed by atoms with Gasteiger partial charge in [-0.3, -0.25) is 0 Å². The maximum absolute atomic E-state index is 12.4. The van der Waals surface area contributed by atoms with Crippen LogP contribution in [0.4, 0.5) is 16.4 Å². The normalized spacial score (nSPS) is 15.4. The fourth-order valence-electron chi connectivity index (χ4n) is 3.95. The summed E-state index contributed by atoms with van der Waals surface area (Å²) in [4.78, 5) is 26.8. The quantitative estimate of drug-likeness (QED) is 0.541. The van der Waals surface area contributed by atoms with Crippen molar-refractivity contribution >= 4 is 23.2 Å². The van der Waals surface area contributed by atoms with E-state index >= 15 is 0 Å². The van der Waals surface area contributed by atoms with Crippen molar-refractivity contribution < 1.29 is 14.3 Å². The number of nitrogens with one attached hydrogen (secondary N) is 1. The predicted molar refractivity (Wildman–Crippen MR) is 132 cm³/mol. The number of nitrogen functional groups attached to an aromatic ring is 1. The molecule has 3 aromatic rings. The fraction of sp³-hybridized carbons (Fsp3) is 0.500. The van der Waals surface area contributed by atoms with Crippen LogP contribution in [0.15, 0.2) is 18.6 Å². The Morgan fingerprint density at radius 1 is 1.31 bits per heavy atom. The number of nitrogens with zero attached hydrogens (tertiary/aromatic N) is 7. The van der Waals surface area contributed by atoms with Gasteiger partial charge in [0.05, 0.1) is 6.04 Å². The van der Waals surface area contributed by atoms with E-state index in [1.54, 1.807) is 9.42 Å². The van der Waals surface area contributed by atoms with E-state index in [9.17, 15) is 10.1 Å². The summed E-state index contributed by atoms with van der Waals surface area (Å²) in [5.41, 5.74) is 7.21. The van der Waals surface area contributed by atoms with Crippen molar-refractivity contribution in [1.82, 2.24) is 29.5 Å². The largest absolute Gasteiger partial charge is 0.473 e. The first-order valence-corrected chi connectivity index (χ1v) is 11.8. The van der Waals surface area contributed by atoms with Crippen LogP contribution in [0.25, 0.3) is 5.52 Å². The Kier molecular flexibility index (Phi) is 6.83. The molecule has 0 unspecified atom stereocenters. The Labute approximate surface area is 209 Å². The van der Waals surface area contributed by atoms with E-state index in [4.69, 9.17) is 20.2 Å². The van der Waals surface area contributed by atoms with Crippen LogP contribution in [0.5, 0.6) is 5.88 Å². The summed E-state index contributed by atoms with van der Waals surface area (Å²) in [7, 11) is 0. The fourth-order valence-corrected chi connectivity index (χ4v) is 3.95. The lowest BCUT2D eigenvalue weighted by Gasteiger charge is -2.33. The molecule has 190 valence electrons. The third-order valence-corrected chi connectivity index (χ3v) is 5.80. The molecule has 0 bridgehead atoms. The summed E-state index contributed by atoms with van der Waals surface area (Å²) in [5.74, 6) is 1.33. The van der Waals surface area contributed by atoms with Gasteiger partial charge in [-0.2, -0.15) is 15.3 Å². The number of ether oxygens (including phenoxy) is 2. The van der Waals surface area contributed by atoms with Crippen molar-refractivity contribution in [3.63, 3.8) is 0 Å². The SMILES string of the molecule is Cc1ccn2nc([C@H](C)Nc3ncnc(N)c3C#N)nc(OC3CCN(C(=O)OC(C)(C)C)CC3)c12. The predicted octanol–water partition coefficient (Wildman–Crippen LogP) is 3.23. The highest BCUT2D eigenvalue weighted by atomic mass is 16.6. The molecule has 1 amide bonds. The van der Waals surface area contributed by atoms with Crippen LogP contribution in [0, 0.1) is 18.3 Å². The van der Waals surface area contributed by atoms with Gasteiger partial charge >= 0.3 is 6.09 Å². The molecular weight excluding hydrogens is 462 g/mol. The molecule has 1 fully saturated rings. The minimum Gasteiger partial charge on any atom is -0.473 e. The minimum atomic E-state index is -0.532. The molecule has 3 N–H and O–H groups in total. The van der Waals surface area contributed by atoms with E-state index in [0.29, 0.717) is 43.5 Å². The van der Waals surface area contributed by atoms with Crippen molar-refractivity contribution in [2.24, 2.45) is 0 Å². The molecular formula is C24H31N9O3. The maximum atomic E-state index is 12.4. The van der Waals surface area contributed by atoms with Crippen LogP contribution in [-0.4, -0.2) is 60.4 Å². The molecule has 0 radical (unpaired) electrons. The molecule has 1 saturated heterocycles. The maximum Gasteiger partial charge on any atom is 0.410 e. The summed E-state index contributed by atoms with van der Waals surface area (Å²) >= 11 is 0. The summed E-state index contributed by atoms with van der Waals surface area (Å²) in [6, 6.07) is 3.56. The Morgan fingerprint density at radius 2 is 2.03 bits per heavy atom. The summed E-state index contributed by atoms with van der Waals surface area (Å²) in [6.45, 7) is 10.5. The number of aryl methyl sites for hydroxylation is 1. The third-order valence-electron chi connectivity index (χ3n) is 5.80. The highest BCUT2D eigenvalue weighted by Gasteiger charge is 2.29. The molecule has 12 heteroatoms. The summed E-state index contributed by atoms with van der Waals surface area (Å²) < 4.78 is 13.6. The number of piperidine rings is 1. The second kappa shape index (κ2) is 9.85. The Hall–Kier alpha value is -4.14. The molecule has 1 aliphatic rings. The number of hydrogen-bond acceptors (Lipinski definition) is 10. The van der Waals surface area contributed by atoms with E-state index in [1.165, 1.54) is 6.33 Å². The molecule has 1 aliphatic heterocycles. The molecule has 36 heavy (non-hydrogen) atoms. The van der Waals surface area contributed by atoms with Crippen LogP contribution in [-0.2, 0) is 4.74 Å². The number of rotatable bonds is 5. The summed E-state index contributed by atoms with van der Waals surface area (Å²) in [5, 5.41) is 17.2. The number of nitriles is 1. The first kappa shape index (κ1) is 25.0. The average Bonchev–Trinajstić information content (AvgIpc) is 3.19. The molecule has 0 spiro atoms. The molecule has 0 aromatic carbocycles. The third kappa shape index (κ3) is 5.40. The van der Waals surface area contributed by atoms with Gasteiger partial charge in [-0.15, -0.1) is 0 Å². The van der Waals surface area contributed by atoms with E-state index in [0.717, 1.165) is 11.1 Å². The van der Waals surface area contributed by atoms with Gasteiger partial charge in [0, 0.05) is 32.1 Å². The van der Waals surface area contributed by atoms with Gasteiger partial charge in [0.25, 0.3) is 0 Å². The van der Waals surface area contributed by atoms with Crippen molar-refractivity contribution in [3.05, 3.63) is 35.5 Å². The molecule has 4 heterocycles. The second-order valence-corrected chi connectivity index (χ2v) is 9.81. The number of nitrogens with two attached hydrogens (primary N) is 1. The highest BCUT2D eigenvalue weighted by Crippen LogP contribution is 2.28. The van der Waals surface area contributed by atoms with Gasteiger partial charge in [0.1, 0.15) is 46.8 Å². The van der Waals surface area contributed by atoms with Crippen LogP contribution < -0.4 is 15.8 Å². The Bertz CT molecular complexity index is 1300. The molecule has 12 nitrogen and oxygen atoms in total. The van der Waals surface area contributed by atoms with E-state index in [-0.39, 0.29) is 23.6 Å². The monoisotopic (exact) mass is 493 g/mol. The minimum absolute atomic E-state index is 0.0985. The number of carbonyl (C=O) groups is 1. The zero-order chi connectivity index (χ0) is 26.0. The van der Waals surface area contributed by atoms with Gasteiger partial charge in [0.2, 0.25) is 5.88 Å². The molecule has 4 rings (SSSR count). The number of anilines is 2. The van der Waals surface area contributed by atoms with Gasteiger partial charge in [-0.25, -0.2) is 19.3 Å². The molecule has 3 aromatic heterocycles. The van der Waals surface area contributed by atoms with Crippen molar-refractivity contribution in [2.75, 3.05) is 24.1 Å².